The molecule has 0 aliphatic heterocycles. The first-order valence-corrected chi connectivity index (χ1v) is 5.56. The van der Waals surface area contributed by atoms with Gasteiger partial charge in [-0.25, -0.2) is 0 Å². The monoisotopic (exact) mass is 211 g/mol. The number of rotatable bonds is 6. The molecule has 2 N–H and O–H groups in total. The molecule has 0 radical (unpaired) electrons. The molecule has 1 aromatic heterocycles. The van der Waals surface area contributed by atoms with Crippen LogP contribution in [0.3, 0.4) is 0 Å². The molecule has 0 aliphatic carbocycles. The van der Waals surface area contributed by atoms with Gasteiger partial charge in [0.2, 0.25) is 0 Å². The fraction of sp³-hybridized carbons (Fsp3) is 0.667. The van der Waals surface area contributed by atoms with Gasteiger partial charge in [0, 0.05) is 12.6 Å². The quantitative estimate of drug-likeness (QED) is 0.759. The first-order chi connectivity index (χ1) is 7.13. The maximum atomic E-state index is 8.72. The summed E-state index contributed by atoms with van der Waals surface area (Å²) >= 11 is 0. The number of nitrogens with one attached hydrogen (secondary N) is 1. The van der Waals surface area contributed by atoms with Gasteiger partial charge in [0.05, 0.1) is 6.04 Å². The van der Waals surface area contributed by atoms with Gasteiger partial charge >= 0.3 is 0 Å². The molecule has 2 atom stereocenters. The Hall–Kier alpha value is -0.800. The largest absolute Gasteiger partial charge is 0.465 e. The zero-order valence-corrected chi connectivity index (χ0v) is 9.79. The van der Waals surface area contributed by atoms with Crippen LogP contribution in [0.15, 0.2) is 16.5 Å². The summed E-state index contributed by atoms with van der Waals surface area (Å²) in [5.74, 6) is 1.92. The molecule has 0 spiro atoms. The molecule has 1 rings (SSSR count). The Morgan fingerprint density at radius 3 is 2.67 bits per heavy atom. The van der Waals surface area contributed by atoms with E-state index < -0.39 is 0 Å². The maximum Gasteiger partial charge on any atom is 0.120 e. The van der Waals surface area contributed by atoms with Crippen LogP contribution >= 0.6 is 0 Å². The Labute approximate surface area is 91.5 Å². The Kier molecular flexibility index (Phi) is 4.85. The second-order valence-electron chi connectivity index (χ2n) is 4.10. The molecule has 0 fully saturated rings. The molecule has 0 saturated carbocycles. The van der Waals surface area contributed by atoms with Crippen molar-refractivity contribution in [2.45, 2.75) is 45.7 Å². The van der Waals surface area contributed by atoms with Gasteiger partial charge in [-0.1, -0.05) is 0 Å². The SMILES string of the molecule is Cc1ccc([C@H](C)N[C@@H](C)CCCO)o1. The van der Waals surface area contributed by atoms with Gasteiger partial charge in [-0.2, -0.15) is 0 Å². The van der Waals surface area contributed by atoms with Crippen molar-refractivity contribution >= 4 is 0 Å². The number of aliphatic hydroxyl groups is 1. The Morgan fingerprint density at radius 2 is 2.13 bits per heavy atom. The van der Waals surface area contributed by atoms with Crippen LogP contribution in [0.5, 0.6) is 0 Å². The van der Waals surface area contributed by atoms with Crippen LogP contribution in [0.4, 0.5) is 0 Å². The summed E-state index contributed by atoms with van der Waals surface area (Å²) in [5, 5.41) is 12.2. The third kappa shape index (κ3) is 4.06. The summed E-state index contributed by atoms with van der Waals surface area (Å²) in [6.07, 6.45) is 1.83. The summed E-state index contributed by atoms with van der Waals surface area (Å²) in [5.41, 5.74) is 0. The molecule has 1 aromatic rings. The summed E-state index contributed by atoms with van der Waals surface area (Å²) < 4.78 is 5.54. The lowest BCUT2D eigenvalue weighted by atomic mass is 10.1. The van der Waals surface area contributed by atoms with Gasteiger partial charge in [0.1, 0.15) is 11.5 Å². The second kappa shape index (κ2) is 5.93. The van der Waals surface area contributed by atoms with Crippen molar-refractivity contribution in [3.8, 4) is 0 Å². The number of aryl methyl sites for hydroxylation is 1. The van der Waals surface area contributed by atoms with Crippen LogP contribution in [0.25, 0.3) is 0 Å². The van der Waals surface area contributed by atoms with Crippen molar-refractivity contribution in [1.29, 1.82) is 0 Å². The van der Waals surface area contributed by atoms with Gasteiger partial charge < -0.3 is 14.8 Å². The zero-order valence-electron chi connectivity index (χ0n) is 9.79. The summed E-state index contributed by atoms with van der Waals surface area (Å²) in [4.78, 5) is 0. The third-order valence-corrected chi connectivity index (χ3v) is 2.52. The van der Waals surface area contributed by atoms with E-state index in [1.807, 2.05) is 19.1 Å². The van der Waals surface area contributed by atoms with Crippen LogP contribution < -0.4 is 5.32 Å². The van der Waals surface area contributed by atoms with Crippen molar-refractivity contribution in [1.82, 2.24) is 5.32 Å². The van der Waals surface area contributed by atoms with E-state index in [0.29, 0.717) is 6.04 Å². The topological polar surface area (TPSA) is 45.4 Å². The van der Waals surface area contributed by atoms with Crippen molar-refractivity contribution in [2.75, 3.05) is 6.61 Å². The summed E-state index contributed by atoms with van der Waals surface area (Å²) in [6.45, 7) is 6.43. The molecular weight excluding hydrogens is 190 g/mol. The zero-order chi connectivity index (χ0) is 11.3. The predicted octanol–water partition coefficient (Wildman–Crippen LogP) is 2.40. The lowest BCUT2D eigenvalue weighted by Gasteiger charge is -2.18. The molecule has 0 aliphatic rings. The summed E-state index contributed by atoms with van der Waals surface area (Å²) in [6, 6.07) is 4.61. The van der Waals surface area contributed by atoms with E-state index in [9.17, 15) is 0 Å². The number of hydrogen-bond donors (Lipinski definition) is 2. The van der Waals surface area contributed by atoms with Crippen LogP contribution in [0, 0.1) is 6.92 Å². The van der Waals surface area contributed by atoms with E-state index >= 15 is 0 Å². The van der Waals surface area contributed by atoms with Crippen LogP contribution in [0.1, 0.15) is 44.3 Å². The molecule has 3 nitrogen and oxygen atoms in total. The van der Waals surface area contributed by atoms with Gasteiger partial charge in [0.15, 0.2) is 0 Å². The standard InChI is InChI=1S/C12H21NO2/c1-9(5-4-8-14)13-11(3)12-7-6-10(2)15-12/h6-7,9,11,13-14H,4-5,8H2,1-3H3/t9-,11-/m0/s1. The van der Waals surface area contributed by atoms with E-state index in [0.717, 1.165) is 24.4 Å². The van der Waals surface area contributed by atoms with Crippen molar-refractivity contribution in [3.63, 3.8) is 0 Å². The van der Waals surface area contributed by atoms with Crippen molar-refractivity contribution < 1.29 is 9.52 Å². The van der Waals surface area contributed by atoms with Crippen LogP contribution in [-0.2, 0) is 0 Å². The average Bonchev–Trinajstić information content (AvgIpc) is 2.61. The van der Waals surface area contributed by atoms with Crippen molar-refractivity contribution in [3.05, 3.63) is 23.7 Å². The van der Waals surface area contributed by atoms with Crippen LogP contribution in [0.2, 0.25) is 0 Å². The highest BCUT2D eigenvalue weighted by Gasteiger charge is 2.11. The minimum atomic E-state index is 0.229. The van der Waals surface area contributed by atoms with Gasteiger partial charge in [-0.3, -0.25) is 0 Å². The molecular formula is C12H21NO2. The second-order valence-corrected chi connectivity index (χ2v) is 4.10. The minimum Gasteiger partial charge on any atom is -0.465 e. The molecule has 0 aromatic carbocycles. The maximum absolute atomic E-state index is 8.72. The lowest BCUT2D eigenvalue weighted by molar-refractivity contribution is 0.272. The molecule has 0 bridgehead atoms. The predicted molar refractivity (Wildman–Crippen MR) is 60.8 cm³/mol. The van der Waals surface area contributed by atoms with E-state index in [4.69, 9.17) is 9.52 Å². The first kappa shape index (κ1) is 12.3. The molecule has 15 heavy (non-hydrogen) atoms. The van der Waals surface area contributed by atoms with Gasteiger partial charge in [0.25, 0.3) is 0 Å². The normalized spacial score (nSPS) is 15.2. The minimum absolute atomic E-state index is 0.229. The van der Waals surface area contributed by atoms with Gasteiger partial charge in [-0.05, 0) is 45.7 Å². The van der Waals surface area contributed by atoms with E-state index in [-0.39, 0.29) is 12.6 Å². The third-order valence-electron chi connectivity index (χ3n) is 2.52. The fourth-order valence-corrected chi connectivity index (χ4v) is 1.68. The first-order valence-electron chi connectivity index (χ1n) is 5.56. The highest BCUT2D eigenvalue weighted by atomic mass is 16.3. The highest BCUT2D eigenvalue weighted by Crippen LogP contribution is 2.16. The van der Waals surface area contributed by atoms with Crippen molar-refractivity contribution in [2.24, 2.45) is 0 Å². The fourth-order valence-electron chi connectivity index (χ4n) is 1.68. The highest BCUT2D eigenvalue weighted by molar-refractivity contribution is 5.08. The Morgan fingerprint density at radius 1 is 1.40 bits per heavy atom. The van der Waals surface area contributed by atoms with E-state index in [2.05, 4.69) is 19.2 Å². The van der Waals surface area contributed by atoms with Gasteiger partial charge in [-0.15, -0.1) is 0 Å². The molecule has 3 heteroatoms. The average molecular weight is 211 g/mol. The number of aliphatic hydroxyl groups excluding tert-OH is 1. The van der Waals surface area contributed by atoms with E-state index in [1.165, 1.54) is 0 Å². The lowest BCUT2D eigenvalue weighted by Crippen LogP contribution is -2.28. The van der Waals surface area contributed by atoms with Crippen LogP contribution in [-0.4, -0.2) is 17.8 Å². The molecule has 1 heterocycles. The number of furan rings is 1. The molecule has 86 valence electrons. The van der Waals surface area contributed by atoms with E-state index in [1.54, 1.807) is 0 Å². The smallest absolute Gasteiger partial charge is 0.120 e. The molecule has 0 saturated heterocycles. The Bertz CT molecular complexity index is 283. The summed E-state index contributed by atoms with van der Waals surface area (Å²) in [7, 11) is 0. The molecule has 0 amide bonds. The molecule has 0 unspecified atom stereocenters. The number of hydrogen-bond acceptors (Lipinski definition) is 3. The Balaban J connectivity index is 2.38.